The molecule has 18 heavy (non-hydrogen) atoms. The van der Waals surface area contributed by atoms with Gasteiger partial charge in [0.05, 0.1) is 30.2 Å². The van der Waals surface area contributed by atoms with Crippen LogP contribution >= 0.6 is 0 Å². The number of hydrogen-bond acceptors (Lipinski definition) is 4. The lowest BCUT2D eigenvalue weighted by molar-refractivity contribution is -0.119. The third-order valence-electron chi connectivity index (χ3n) is 2.86. The summed E-state index contributed by atoms with van der Waals surface area (Å²) < 4.78 is 0. The average Bonchev–Trinajstić information content (AvgIpc) is 2.43. The van der Waals surface area contributed by atoms with Gasteiger partial charge in [-0.2, -0.15) is 0 Å². The molecule has 0 spiro atoms. The number of rotatable bonds is 6. The van der Waals surface area contributed by atoms with Crippen molar-refractivity contribution in [2.45, 2.75) is 26.4 Å². The highest BCUT2D eigenvalue weighted by atomic mass is 16.3. The summed E-state index contributed by atoms with van der Waals surface area (Å²) >= 11 is 0. The molecule has 0 aliphatic rings. The SMILES string of the molecule is CC[C@H](O)c1ccc(N(CC)CC(=O)NC)cn1. The Balaban J connectivity index is 2.78. The molecule has 1 aromatic heterocycles. The van der Waals surface area contributed by atoms with E-state index in [0.717, 1.165) is 12.2 Å². The highest BCUT2D eigenvalue weighted by Gasteiger charge is 2.11. The number of likely N-dealkylation sites (N-methyl/N-ethyl adjacent to an activating group) is 2. The number of carbonyl (C=O) groups is 1. The minimum absolute atomic E-state index is 0.0329. The van der Waals surface area contributed by atoms with Crippen LogP contribution in [0, 0.1) is 0 Å². The van der Waals surface area contributed by atoms with E-state index in [9.17, 15) is 9.90 Å². The molecular weight excluding hydrogens is 230 g/mol. The molecule has 1 heterocycles. The van der Waals surface area contributed by atoms with Gasteiger partial charge in [-0.15, -0.1) is 0 Å². The molecule has 2 N–H and O–H groups in total. The van der Waals surface area contributed by atoms with E-state index in [1.165, 1.54) is 0 Å². The molecule has 5 nitrogen and oxygen atoms in total. The Hall–Kier alpha value is -1.62. The van der Waals surface area contributed by atoms with Gasteiger partial charge in [0, 0.05) is 13.6 Å². The van der Waals surface area contributed by atoms with Crippen molar-refractivity contribution in [2.75, 3.05) is 25.0 Å². The van der Waals surface area contributed by atoms with Crippen LogP contribution in [0.4, 0.5) is 5.69 Å². The number of anilines is 1. The van der Waals surface area contributed by atoms with Crippen molar-refractivity contribution in [2.24, 2.45) is 0 Å². The average molecular weight is 251 g/mol. The first-order valence-electron chi connectivity index (χ1n) is 6.21. The van der Waals surface area contributed by atoms with Gasteiger partial charge in [-0.3, -0.25) is 9.78 Å². The Bertz CT molecular complexity index is 378. The van der Waals surface area contributed by atoms with E-state index < -0.39 is 6.10 Å². The number of carbonyl (C=O) groups excluding carboxylic acids is 1. The van der Waals surface area contributed by atoms with Crippen molar-refractivity contribution in [3.63, 3.8) is 0 Å². The number of aliphatic hydroxyl groups excluding tert-OH is 1. The van der Waals surface area contributed by atoms with E-state index >= 15 is 0 Å². The van der Waals surface area contributed by atoms with Crippen LogP contribution < -0.4 is 10.2 Å². The van der Waals surface area contributed by atoms with Crippen LogP contribution in [0.15, 0.2) is 18.3 Å². The fourth-order valence-corrected chi connectivity index (χ4v) is 1.63. The van der Waals surface area contributed by atoms with E-state index in [4.69, 9.17) is 0 Å². The van der Waals surface area contributed by atoms with Gasteiger partial charge in [0.1, 0.15) is 0 Å². The largest absolute Gasteiger partial charge is 0.387 e. The van der Waals surface area contributed by atoms with Crippen LogP contribution in [0.5, 0.6) is 0 Å². The second-order valence-corrected chi connectivity index (χ2v) is 4.05. The molecule has 0 saturated heterocycles. The van der Waals surface area contributed by atoms with Crippen LogP contribution in [-0.2, 0) is 4.79 Å². The molecule has 0 fully saturated rings. The van der Waals surface area contributed by atoms with Crippen LogP contribution in [-0.4, -0.2) is 36.1 Å². The molecular formula is C13H21N3O2. The Morgan fingerprint density at radius 3 is 2.67 bits per heavy atom. The lowest BCUT2D eigenvalue weighted by atomic mass is 10.2. The molecule has 1 amide bonds. The Morgan fingerprint density at radius 2 is 2.22 bits per heavy atom. The van der Waals surface area contributed by atoms with Gasteiger partial charge in [0.2, 0.25) is 5.91 Å². The molecule has 0 saturated carbocycles. The summed E-state index contributed by atoms with van der Waals surface area (Å²) in [7, 11) is 1.62. The lowest BCUT2D eigenvalue weighted by Crippen LogP contribution is -2.35. The number of amides is 1. The zero-order chi connectivity index (χ0) is 13.5. The Kier molecular flexibility index (Phi) is 5.58. The smallest absolute Gasteiger partial charge is 0.239 e. The zero-order valence-corrected chi connectivity index (χ0v) is 11.2. The van der Waals surface area contributed by atoms with E-state index in [-0.39, 0.29) is 5.91 Å². The molecule has 1 atom stereocenters. The highest BCUT2D eigenvalue weighted by molar-refractivity contribution is 5.80. The number of aliphatic hydroxyl groups is 1. The van der Waals surface area contributed by atoms with Crippen LogP contribution in [0.25, 0.3) is 0 Å². The summed E-state index contributed by atoms with van der Waals surface area (Å²) in [6.45, 7) is 4.93. The number of hydrogen-bond donors (Lipinski definition) is 2. The third-order valence-corrected chi connectivity index (χ3v) is 2.86. The van der Waals surface area contributed by atoms with Gasteiger partial charge in [-0.1, -0.05) is 6.92 Å². The Labute approximate surface area is 108 Å². The minimum atomic E-state index is -0.520. The van der Waals surface area contributed by atoms with Gasteiger partial charge in [-0.05, 0) is 25.5 Å². The predicted octanol–water partition coefficient (Wildman–Crippen LogP) is 1.10. The standard InChI is InChI=1S/C13H21N3O2/c1-4-12(17)11-7-6-10(8-15-11)16(5-2)9-13(18)14-3/h6-8,12,17H,4-5,9H2,1-3H3,(H,14,18)/t12-/m0/s1. The van der Waals surface area contributed by atoms with E-state index in [1.807, 2.05) is 24.8 Å². The van der Waals surface area contributed by atoms with Crippen molar-refractivity contribution in [1.29, 1.82) is 0 Å². The molecule has 0 aliphatic carbocycles. The zero-order valence-electron chi connectivity index (χ0n) is 11.2. The van der Waals surface area contributed by atoms with Gasteiger partial charge in [-0.25, -0.2) is 0 Å². The molecule has 0 bridgehead atoms. The van der Waals surface area contributed by atoms with Crippen LogP contribution in [0.2, 0.25) is 0 Å². The second-order valence-electron chi connectivity index (χ2n) is 4.05. The molecule has 0 radical (unpaired) electrons. The number of aromatic nitrogens is 1. The van der Waals surface area contributed by atoms with E-state index in [2.05, 4.69) is 10.3 Å². The van der Waals surface area contributed by atoms with Gasteiger partial charge < -0.3 is 15.3 Å². The summed E-state index contributed by atoms with van der Waals surface area (Å²) in [5.74, 6) is -0.0329. The first kappa shape index (κ1) is 14.4. The molecule has 0 aromatic carbocycles. The number of nitrogens with one attached hydrogen (secondary N) is 1. The topological polar surface area (TPSA) is 65.5 Å². The van der Waals surface area contributed by atoms with Crippen molar-refractivity contribution in [3.05, 3.63) is 24.0 Å². The van der Waals surface area contributed by atoms with Gasteiger partial charge in [0.25, 0.3) is 0 Å². The quantitative estimate of drug-likeness (QED) is 0.794. The molecule has 100 valence electrons. The minimum Gasteiger partial charge on any atom is -0.387 e. The number of pyridine rings is 1. The molecule has 0 unspecified atom stereocenters. The Morgan fingerprint density at radius 1 is 1.50 bits per heavy atom. The van der Waals surface area contributed by atoms with E-state index in [0.29, 0.717) is 18.7 Å². The first-order valence-corrected chi connectivity index (χ1v) is 6.21. The summed E-state index contributed by atoms with van der Waals surface area (Å²) in [4.78, 5) is 17.5. The van der Waals surface area contributed by atoms with Crippen molar-refractivity contribution in [1.82, 2.24) is 10.3 Å². The van der Waals surface area contributed by atoms with Crippen molar-refractivity contribution in [3.8, 4) is 0 Å². The second kappa shape index (κ2) is 6.96. The van der Waals surface area contributed by atoms with Gasteiger partial charge >= 0.3 is 0 Å². The maximum Gasteiger partial charge on any atom is 0.239 e. The van der Waals surface area contributed by atoms with Gasteiger partial charge in [0.15, 0.2) is 0 Å². The van der Waals surface area contributed by atoms with Crippen molar-refractivity contribution >= 4 is 11.6 Å². The third kappa shape index (κ3) is 3.70. The fourth-order valence-electron chi connectivity index (χ4n) is 1.63. The fraction of sp³-hybridized carbons (Fsp3) is 0.538. The normalized spacial score (nSPS) is 12.0. The molecule has 1 aromatic rings. The van der Waals surface area contributed by atoms with Crippen LogP contribution in [0.1, 0.15) is 32.1 Å². The van der Waals surface area contributed by atoms with Crippen LogP contribution in [0.3, 0.4) is 0 Å². The van der Waals surface area contributed by atoms with Crippen molar-refractivity contribution < 1.29 is 9.90 Å². The maximum absolute atomic E-state index is 11.4. The first-order chi connectivity index (χ1) is 8.62. The van der Waals surface area contributed by atoms with E-state index in [1.54, 1.807) is 19.3 Å². The highest BCUT2D eigenvalue weighted by Crippen LogP contribution is 2.18. The predicted molar refractivity (Wildman–Crippen MR) is 71.4 cm³/mol. The number of nitrogens with zero attached hydrogens (tertiary/aromatic N) is 2. The summed E-state index contributed by atoms with van der Waals surface area (Å²) in [5, 5.41) is 12.3. The summed E-state index contributed by atoms with van der Waals surface area (Å²) in [6.07, 6.45) is 1.82. The maximum atomic E-state index is 11.4. The molecule has 1 rings (SSSR count). The summed E-state index contributed by atoms with van der Waals surface area (Å²) in [5.41, 5.74) is 1.55. The summed E-state index contributed by atoms with van der Waals surface area (Å²) in [6, 6.07) is 3.68. The molecule has 0 aliphatic heterocycles. The molecule has 5 heteroatoms. The monoisotopic (exact) mass is 251 g/mol. The lowest BCUT2D eigenvalue weighted by Gasteiger charge is -2.22.